The highest BCUT2D eigenvalue weighted by Gasteiger charge is 2.00. The van der Waals surface area contributed by atoms with Gasteiger partial charge in [-0.25, -0.2) is 0 Å². The molecular formula is C9H13BrNO-. The predicted molar refractivity (Wildman–Crippen MR) is 45.6 cm³/mol. The molecule has 0 aromatic heterocycles. The Labute approximate surface area is 83.4 Å². The number of hydrogen-bond acceptors (Lipinski definition) is 2. The SMILES string of the molecule is CNC(C)c1ccc(O)cc1.[Br-]. The average Bonchev–Trinajstić information content (AvgIpc) is 2.05. The summed E-state index contributed by atoms with van der Waals surface area (Å²) in [5.41, 5.74) is 1.19. The Balaban J connectivity index is 0.00000121. The molecule has 1 atom stereocenters. The fraction of sp³-hybridized carbons (Fsp3) is 0.333. The van der Waals surface area contributed by atoms with Crippen molar-refractivity contribution in [3.8, 4) is 5.75 Å². The third-order valence-electron chi connectivity index (χ3n) is 1.83. The van der Waals surface area contributed by atoms with Crippen molar-refractivity contribution < 1.29 is 22.1 Å². The van der Waals surface area contributed by atoms with E-state index >= 15 is 0 Å². The second-order valence-corrected chi connectivity index (χ2v) is 2.60. The van der Waals surface area contributed by atoms with Crippen LogP contribution < -0.4 is 22.3 Å². The molecule has 3 heteroatoms. The Morgan fingerprint density at radius 2 is 1.75 bits per heavy atom. The minimum atomic E-state index is 0. The van der Waals surface area contributed by atoms with Crippen LogP contribution in [-0.2, 0) is 0 Å². The van der Waals surface area contributed by atoms with E-state index in [0.29, 0.717) is 11.8 Å². The van der Waals surface area contributed by atoms with Crippen LogP contribution in [0.15, 0.2) is 24.3 Å². The number of nitrogens with one attached hydrogen (secondary N) is 1. The zero-order valence-electron chi connectivity index (χ0n) is 7.21. The molecule has 12 heavy (non-hydrogen) atoms. The van der Waals surface area contributed by atoms with Crippen LogP contribution in [0, 0.1) is 0 Å². The summed E-state index contributed by atoms with van der Waals surface area (Å²) in [5.74, 6) is 0.317. The fourth-order valence-electron chi connectivity index (χ4n) is 0.930. The van der Waals surface area contributed by atoms with Crippen molar-refractivity contribution in [1.82, 2.24) is 5.32 Å². The van der Waals surface area contributed by atoms with Gasteiger partial charge in [0.2, 0.25) is 0 Å². The van der Waals surface area contributed by atoms with Crippen LogP contribution in [0.5, 0.6) is 5.75 Å². The van der Waals surface area contributed by atoms with Crippen molar-refractivity contribution in [2.45, 2.75) is 13.0 Å². The normalized spacial score (nSPS) is 11.8. The van der Waals surface area contributed by atoms with E-state index < -0.39 is 0 Å². The smallest absolute Gasteiger partial charge is 0.115 e. The van der Waals surface area contributed by atoms with Gasteiger partial charge >= 0.3 is 0 Å². The van der Waals surface area contributed by atoms with Gasteiger partial charge in [0.05, 0.1) is 0 Å². The summed E-state index contributed by atoms with van der Waals surface area (Å²) < 4.78 is 0. The van der Waals surface area contributed by atoms with Crippen molar-refractivity contribution in [3.05, 3.63) is 29.8 Å². The third kappa shape index (κ3) is 2.83. The van der Waals surface area contributed by atoms with Crippen LogP contribution in [-0.4, -0.2) is 12.2 Å². The maximum absolute atomic E-state index is 8.99. The Morgan fingerprint density at radius 1 is 1.25 bits per heavy atom. The van der Waals surface area contributed by atoms with Crippen LogP contribution >= 0.6 is 0 Å². The van der Waals surface area contributed by atoms with Crippen molar-refractivity contribution in [3.63, 3.8) is 0 Å². The van der Waals surface area contributed by atoms with E-state index in [9.17, 15) is 0 Å². The molecule has 1 rings (SSSR count). The summed E-state index contributed by atoms with van der Waals surface area (Å²) in [6.45, 7) is 2.08. The van der Waals surface area contributed by atoms with E-state index in [1.165, 1.54) is 5.56 Å². The first kappa shape index (κ1) is 11.5. The first-order chi connectivity index (χ1) is 5.24. The molecule has 1 aromatic rings. The van der Waals surface area contributed by atoms with Gasteiger partial charge in [0.1, 0.15) is 5.75 Å². The van der Waals surface area contributed by atoms with Gasteiger partial charge in [-0.1, -0.05) is 12.1 Å². The maximum Gasteiger partial charge on any atom is 0.115 e. The van der Waals surface area contributed by atoms with E-state index in [0.717, 1.165) is 0 Å². The lowest BCUT2D eigenvalue weighted by molar-refractivity contribution is -0.00000345. The Hall–Kier alpha value is -0.540. The highest BCUT2D eigenvalue weighted by atomic mass is 79.9. The summed E-state index contributed by atoms with van der Waals surface area (Å²) in [6.07, 6.45) is 0. The third-order valence-corrected chi connectivity index (χ3v) is 1.83. The lowest BCUT2D eigenvalue weighted by Crippen LogP contribution is -3.00. The molecule has 0 heterocycles. The Bertz CT molecular complexity index is 222. The molecule has 2 nitrogen and oxygen atoms in total. The topological polar surface area (TPSA) is 32.3 Å². The lowest BCUT2D eigenvalue weighted by atomic mass is 10.1. The van der Waals surface area contributed by atoms with Crippen LogP contribution in [0.4, 0.5) is 0 Å². The van der Waals surface area contributed by atoms with Crippen molar-refractivity contribution in [2.75, 3.05) is 7.05 Å². The lowest BCUT2D eigenvalue weighted by Gasteiger charge is -2.09. The highest BCUT2D eigenvalue weighted by molar-refractivity contribution is 5.27. The summed E-state index contributed by atoms with van der Waals surface area (Å²) in [5, 5.41) is 12.1. The number of phenolic OH excluding ortho intramolecular Hbond substituents is 1. The van der Waals surface area contributed by atoms with Crippen molar-refractivity contribution in [1.29, 1.82) is 0 Å². The first-order valence-electron chi connectivity index (χ1n) is 3.70. The molecule has 0 aliphatic rings. The second kappa shape index (κ2) is 5.17. The number of rotatable bonds is 2. The van der Waals surface area contributed by atoms with Crippen molar-refractivity contribution >= 4 is 0 Å². The molecule has 1 unspecified atom stereocenters. The van der Waals surface area contributed by atoms with Crippen LogP contribution in [0.2, 0.25) is 0 Å². The molecule has 0 aliphatic heterocycles. The van der Waals surface area contributed by atoms with Crippen LogP contribution in [0.3, 0.4) is 0 Å². The average molecular weight is 231 g/mol. The zero-order valence-corrected chi connectivity index (χ0v) is 8.80. The molecule has 0 aliphatic carbocycles. The standard InChI is InChI=1S/C9H13NO.BrH/c1-7(10-2)8-3-5-9(11)6-4-8;/h3-7,10-11H,1-2H3;1H/p-1. The van der Waals surface area contributed by atoms with E-state index in [4.69, 9.17) is 5.11 Å². The van der Waals surface area contributed by atoms with E-state index in [1.807, 2.05) is 19.2 Å². The monoisotopic (exact) mass is 230 g/mol. The molecule has 0 bridgehead atoms. The molecule has 0 amide bonds. The van der Waals surface area contributed by atoms with E-state index in [1.54, 1.807) is 12.1 Å². The van der Waals surface area contributed by atoms with Gasteiger partial charge in [0.15, 0.2) is 0 Å². The molecule has 0 saturated heterocycles. The molecule has 0 saturated carbocycles. The molecule has 0 fully saturated rings. The Kier molecular flexibility index (Phi) is 4.93. The Morgan fingerprint density at radius 3 is 2.17 bits per heavy atom. The van der Waals surface area contributed by atoms with Gasteiger partial charge in [-0.3, -0.25) is 0 Å². The van der Waals surface area contributed by atoms with E-state index in [-0.39, 0.29) is 17.0 Å². The second-order valence-electron chi connectivity index (χ2n) is 2.60. The highest BCUT2D eigenvalue weighted by Crippen LogP contribution is 2.15. The number of hydrogen-bond donors (Lipinski definition) is 2. The summed E-state index contributed by atoms with van der Waals surface area (Å²) in [6, 6.07) is 7.56. The minimum absolute atomic E-state index is 0. The van der Waals surface area contributed by atoms with Gasteiger partial charge in [-0.15, -0.1) is 0 Å². The molecule has 68 valence electrons. The van der Waals surface area contributed by atoms with Crippen molar-refractivity contribution in [2.24, 2.45) is 0 Å². The molecule has 1 aromatic carbocycles. The van der Waals surface area contributed by atoms with Crippen LogP contribution in [0.1, 0.15) is 18.5 Å². The van der Waals surface area contributed by atoms with E-state index in [2.05, 4.69) is 12.2 Å². The summed E-state index contributed by atoms with van der Waals surface area (Å²) in [4.78, 5) is 0. The molecule has 0 spiro atoms. The molecular weight excluding hydrogens is 218 g/mol. The number of benzene rings is 1. The fourth-order valence-corrected chi connectivity index (χ4v) is 0.930. The first-order valence-corrected chi connectivity index (χ1v) is 3.70. The quantitative estimate of drug-likeness (QED) is 0.661. The van der Waals surface area contributed by atoms with Gasteiger partial charge < -0.3 is 27.4 Å². The zero-order chi connectivity index (χ0) is 8.27. The number of halogens is 1. The van der Waals surface area contributed by atoms with Crippen LogP contribution in [0.25, 0.3) is 0 Å². The number of phenols is 1. The summed E-state index contributed by atoms with van der Waals surface area (Å²) in [7, 11) is 1.91. The minimum Gasteiger partial charge on any atom is -1.00 e. The van der Waals surface area contributed by atoms with Gasteiger partial charge in [-0.2, -0.15) is 0 Å². The summed E-state index contributed by atoms with van der Waals surface area (Å²) >= 11 is 0. The predicted octanol–water partition coefficient (Wildman–Crippen LogP) is -1.32. The maximum atomic E-state index is 8.99. The molecule has 0 radical (unpaired) electrons. The number of aromatic hydroxyl groups is 1. The van der Waals surface area contributed by atoms with Gasteiger partial charge in [-0.05, 0) is 31.7 Å². The molecule has 2 N–H and O–H groups in total. The van der Waals surface area contributed by atoms with Gasteiger partial charge in [0.25, 0.3) is 0 Å². The van der Waals surface area contributed by atoms with Gasteiger partial charge in [0, 0.05) is 6.04 Å². The largest absolute Gasteiger partial charge is 1.00 e.